The smallest absolute Gasteiger partial charge is 0.177 e. The molecule has 1 aromatic rings. The van der Waals surface area contributed by atoms with Crippen LogP contribution in [0.1, 0.15) is 24.2 Å². The van der Waals surface area contributed by atoms with E-state index in [-0.39, 0.29) is 17.2 Å². The lowest BCUT2D eigenvalue weighted by Crippen LogP contribution is -2.21. The maximum atomic E-state index is 12.9. The summed E-state index contributed by atoms with van der Waals surface area (Å²) in [5.74, 6) is -3.85. The molecular weight excluding hydrogens is 262 g/mol. The van der Waals surface area contributed by atoms with Gasteiger partial charge in [-0.2, -0.15) is 0 Å². The molecule has 0 spiro atoms. The quantitative estimate of drug-likeness (QED) is 0.775. The molecule has 100 valence electrons. The van der Waals surface area contributed by atoms with Crippen molar-refractivity contribution in [2.24, 2.45) is 5.92 Å². The second kappa shape index (κ2) is 5.56. The minimum atomic E-state index is -3.52. The average molecular weight is 276 g/mol. The van der Waals surface area contributed by atoms with Crippen LogP contribution in [0.4, 0.5) is 8.78 Å². The molecule has 0 radical (unpaired) electrons. The highest BCUT2D eigenvalue weighted by atomic mass is 32.2. The lowest BCUT2D eigenvalue weighted by atomic mass is 10.1. The van der Waals surface area contributed by atoms with Crippen LogP contribution in [0.25, 0.3) is 0 Å². The molecule has 3 nitrogen and oxygen atoms in total. The van der Waals surface area contributed by atoms with Gasteiger partial charge in [0.1, 0.15) is 5.75 Å². The molecule has 6 heteroatoms. The van der Waals surface area contributed by atoms with Crippen molar-refractivity contribution in [3.8, 4) is 0 Å². The van der Waals surface area contributed by atoms with E-state index in [0.717, 1.165) is 12.1 Å². The van der Waals surface area contributed by atoms with Crippen molar-refractivity contribution in [3.63, 3.8) is 0 Å². The zero-order valence-electron chi connectivity index (χ0n) is 10.1. The summed E-state index contributed by atoms with van der Waals surface area (Å²) < 4.78 is 48.7. The van der Waals surface area contributed by atoms with Crippen LogP contribution in [0.3, 0.4) is 0 Å². The summed E-state index contributed by atoms with van der Waals surface area (Å²) in [6.45, 7) is 3.44. The predicted octanol–water partition coefficient (Wildman–Crippen LogP) is 2.22. The molecule has 0 amide bonds. The lowest BCUT2D eigenvalue weighted by Gasteiger charge is -2.06. The largest absolute Gasteiger partial charge is 0.293 e. The van der Waals surface area contributed by atoms with E-state index in [1.165, 1.54) is 0 Å². The van der Waals surface area contributed by atoms with Gasteiger partial charge in [0.05, 0.1) is 5.75 Å². The molecule has 0 N–H and O–H groups in total. The summed E-state index contributed by atoms with van der Waals surface area (Å²) in [4.78, 5) is 11.6. The summed E-state index contributed by atoms with van der Waals surface area (Å²) in [7, 11) is -3.52. The first-order valence-corrected chi connectivity index (χ1v) is 7.22. The third kappa shape index (κ3) is 4.18. The van der Waals surface area contributed by atoms with E-state index in [1.807, 2.05) is 0 Å². The average Bonchev–Trinajstić information content (AvgIpc) is 2.19. The number of hydrogen-bond acceptors (Lipinski definition) is 3. The number of rotatable bonds is 5. The molecule has 18 heavy (non-hydrogen) atoms. The number of carbonyl (C=O) groups excluding carboxylic acids is 1. The Morgan fingerprint density at radius 1 is 1.22 bits per heavy atom. The monoisotopic (exact) mass is 276 g/mol. The molecule has 0 bridgehead atoms. The van der Waals surface area contributed by atoms with E-state index in [1.54, 1.807) is 13.8 Å². The second-order valence-electron chi connectivity index (χ2n) is 4.50. The molecule has 0 unspecified atom stereocenters. The molecule has 0 saturated heterocycles. The summed E-state index contributed by atoms with van der Waals surface area (Å²) in [6.07, 6.45) is 0. The number of halogens is 2. The van der Waals surface area contributed by atoms with Gasteiger partial charge >= 0.3 is 0 Å². The third-order valence-corrected chi connectivity index (χ3v) is 4.06. The molecule has 1 rings (SSSR count). The van der Waals surface area contributed by atoms with Crippen LogP contribution in [0, 0.1) is 17.6 Å². The van der Waals surface area contributed by atoms with Gasteiger partial charge in [-0.15, -0.1) is 0 Å². The molecule has 0 aliphatic rings. The molecule has 0 atom stereocenters. The normalized spacial score (nSPS) is 11.8. The van der Waals surface area contributed by atoms with E-state index in [9.17, 15) is 22.0 Å². The maximum Gasteiger partial charge on any atom is 0.177 e. The highest BCUT2D eigenvalue weighted by Gasteiger charge is 2.20. The van der Waals surface area contributed by atoms with Gasteiger partial charge in [-0.1, -0.05) is 13.8 Å². The van der Waals surface area contributed by atoms with E-state index in [2.05, 4.69) is 0 Å². The Balaban J connectivity index is 2.86. The predicted molar refractivity (Wildman–Crippen MR) is 64.2 cm³/mol. The Morgan fingerprint density at radius 2 is 1.83 bits per heavy atom. The Morgan fingerprint density at radius 3 is 2.33 bits per heavy atom. The number of ketones is 1. The van der Waals surface area contributed by atoms with E-state index < -0.39 is 33.0 Å². The Kier molecular flexibility index (Phi) is 4.56. The third-order valence-electron chi connectivity index (χ3n) is 2.18. The Labute approximate surface area is 105 Å². The molecule has 0 aliphatic heterocycles. The Bertz CT molecular complexity index is 550. The van der Waals surface area contributed by atoms with E-state index in [4.69, 9.17) is 0 Å². The Hall–Kier alpha value is -1.30. The number of Topliss-reactive ketones (excluding diaryl/α,β-unsaturated/α-hetero) is 1. The minimum absolute atomic E-state index is 0.0900. The SMILES string of the molecule is CC(C)CS(=O)(=O)CC(=O)c1ccc(F)c(F)c1. The lowest BCUT2D eigenvalue weighted by molar-refractivity contribution is 0.102. The molecule has 0 aliphatic carbocycles. The van der Waals surface area contributed by atoms with Crippen LogP contribution in [-0.2, 0) is 9.84 Å². The number of carbonyl (C=O) groups is 1. The van der Waals surface area contributed by atoms with Crippen LogP contribution in [0.15, 0.2) is 18.2 Å². The molecule has 0 aromatic heterocycles. The summed E-state index contributed by atoms with van der Waals surface area (Å²) in [5, 5.41) is 0. The fourth-order valence-corrected chi connectivity index (χ4v) is 3.22. The van der Waals surface area contributed by atoms with Crippen molar-refractivity contribution in [1.29, 1.82) is 0 Å². The van der Waals surface area contributed by atoms with Gasteiger partial charge in [0.25, 0.3) is 0 Å². The molecular formula is C12H14F2O3S. The first kappa shape index (κ1) is 14.8. The zero-order valence-corrected chi connectivity index (χ0v) is 10.9. The van der Waals surface area contributed by atoms with Gasteiger partial charge in [0, 0.05) is 5.56 Å². The van der Waals surface area contributed by atoms with Crippen LogP contribution >= 0.6 is 0 Å². The van der Waals surface area contributed by atoms with Crippen molar-refractivity contribution in [3.05, 3.63) is 35.4 Å². The second-order valence-corrected chi connectivity index (χ2v) is 6.61. The molecule has 0 heterocycles. The van der Waals surface area contributed by atoms with E-state index >= 15 is 0 Å². The number of benzene rings is 1. The molecule has 0 saturated carbocycles. The van der Waals surface area contributed by atoms with Crippen molar-refractivity contribution in [1.82, 2.24) is 0 Å². The van der Waals surface area contributed by atoms with Gasteiger partial charge in [-0.05, 0) is 24.1 Å². The van der Waals surface area contributed by atoms with Gasteiger partial charge in [-0.3, -0.25) is 4.79 Å². The van der Waals surface area contributed by atoms with Crippen molar-refractivity contribution in [2.75, 3.05) is 11.5 Å². The summed E-state index contributed by atoms with van der Waals surface area (Å²) >= 11 is 0. The fraction of sp³-hybridized carbons (Fsp3) is 0.417. The maximum absolute atomic E-state index is 12.9. The number of hydrogen-bond donors (Lipinski definition) is 0. The van der Waals surface area contributed by atoms with Gasteiger partial charge in [-0.25, -0.2) is 17.2 Å². The van der Waals surface area contributed by atoms with Gasteiger partial charge < -0.3 is 0 Å². The summed E-state index contributed by atoms with van der Waals surface area (Å²) in [6, 6.07) is 2.59. The highest BCUT2D eigenvalue weighted by molar-refractivity contribution is 7.92. The van der Waals surface area contributed by atoms with E-state index in [0.29, 0.717) is 6.07 Å². The highest BCUT2D eigenvalue weighted by Crippen LogP contribution is 2.11. The van der Waals surface area contributed by atoms with Crippen molar-refractivity contribution in [2.45, 2.75) is 13.8 Å². The van der Waals surface area contributed by atoms with Gasteiger partial charge in [0.15, 0.2) is 27.3 Å². The zero-order chi connectivity index (χ0) is 13.9. The topological polar surface area (TPSA) is 51.2 Å². The number of sulfone groups is 1. The van der Waals surface area contributed by atoms with Crippen LogP contribution in [-0.4, -0.2) is 25.7 Å². The van der Waals surface area contributed by atoms with Crippen LogP contribution in [0.5, 0.6) is 0 Å². The van der Waals surface area contributed by atoms with Crippen LogP contribution in [0.2, 0.25) is 0 Å². The van der Waals surface area contributed by atoms with Gasteiger partial charge in [0.2, 0.25) is 0 Å². The van der Waals surface area contributed by atoms with Crippen molar-refractivity contribution < 1.29 is 22.0 Å². The first-order chi connectivity index (χ1) is 8.21. The molecule has 0 fully saturated rings. The summed E-state index contributed by atoms with van der Waals surface area (Å²) in [5.41, 5.74) is -0.138. The fourth-order valence-electron chi connectivity index (χ4n) is 1.52. The van der Waals surface area contributed by atoms with Crippen molar-refractivity contribution >= 4 is 15.6 Å². The van der Waals surface area contributed by atoms with Crippen LogP contribution < -0.4 is 0 Å². The minimum Gasteiger partial charge on any atom is -0.293 e. The molecule has 1 aromatic carbocycles. The first-order valence-electron chi connectivity index (χ1n) is 5.40. The standard InChI is InChI=1S/C12H14F2O3S/c1-8(2)6-18(16,17)7-12(15)9-3-4-10(13)11(14)5-9/h3-5,8H,6-7H2,1-2H3.